The molecule has 11 rings (SSSR count). The average Bonchev–Trinajstić information content (AvgIpc) is 0.838. The van der Waals surface area contributed by atoms with Crippen LogP contribution in [0.4, 0.5) is 5.82 Å². The highest BCUT2D eigenvalue weighted by Gasteiger charge is 2.27. The molecule has 118 heavy (non-hydrogen) atoms. The Morgan fingerprint density at radius 1 is 0.424 bits per heavy atom. The molecule has 34 nitrogen and oxygen atoms in total. The number of phenolic OH excluding ortho intramolecular Hbond substituents is 2. The van der Waals surface area contributed by atoms with E-state index in [1.807, 2.05) is 43.9 Å². The molecular weight excluding hydrogens is 1520 g/mol. The van der Waals surface area contributed by atoms with E-state index in [-0.39, 0.29) is 232 Å². The Kier molecular flexibility index (Phi) is 33.3. The first-order chi connectivity index (χ1) is 57.1. The van der Waals surface area contributed by atoms with Crippen molar-refractivity contribution in [1.82, 2.24) is 88.1 Å². The van der Waals surface area contributed by atoms with Gasteiger partial charge in [0, 0.05) is 197 Å². The van der Waals surface area contributed by atoms with Crippen LogP contribution < -0.4 is 79.2 Å². The zero-order valence-corrected chi connectivity index (χ0v) is 65.8. The Morgan fingerprint density at radius 3 is 1.22 bits per heavy atom. The van der Waals surface area contributed by atoms with Gasteiger partial charge in [0.05, 0.1) is 22.3 Å². The van der Waals surface area contributed by atoms with Gasteiger partial charge in [-0.3, -0.25) is 72.3 Å². The lowest BCUT2D eigenvalue weighted by atomic mass is 10.0. The van der Waals surface area contributed by atoms with Crippen molar-refractivity contribution < 1.29 is 77.9 Å². The van der Waals surface area contributed by atoms with Gasteiger partial charge < -0.3 is 89.4 Å². The Hall–Kier alpha value is -12.8. The molecule has 1 aromatic heterocycles. The third-order valence-corrected chi connectivity index (χ3v) is 20.4. The normalized spacial score (nSPS) is 18.7. The fourth-order valence-corrected chi connectivity index (χ4v) is 13.6. The fourth-order valence-electron chi connectivity index (χ4n) is 13.6. The van der Waals surface area contributed by atoms with Crippen LogP contribution in [0.5, 0.6) is 29.0 Å². The summed E-state index contributed by atoms with van der Waals surface area (Å²) in [6.07, 6.45) is 5.83. The Labute approximate surface area is 683 Å². The minimum absolute atomic E-state index is 0.0193. The predicted molar refractivity (Wildman–Crippen MR) is 433 cm³/mol. The molecule has 15 N–H and O–H groups in total. The highest BCUT2D eigenvalue weighted by Crippen LogP contribution is 2.26. The van der Waals surface area contributed by atoms with Crippen molar-refractivity contribution in [1.29, 1.82) is 0 Å². The van der Waals surface area contributed by atoms with Gasteiger partial charge >= 0.3 is 6.01 Å². The van der Waals surface area contributed by atoms with Gasteiger partial charge in [0.2, 0.25) is 11.8 Å². The molecule has 5 heterocycles. The van der Waals surface area contributed by atoms with Gasteiger partial charge in [-0.15, -0.1) is 0 Å². The van der Waals surface area contributed by atoms with E-state index in [4.69, 9.17) is 10.5 Å². The number of benzene rings is 6. The summed E-state index contributed by atoms with van der Waals surface area (Å²) in [5, 5.41) is 82.9. The maximum absolute atomic E-state index is 14.7. The quantitative estimate of drug-likeness (QED) is 0.0482. The van der Waals surface area contributed by atoms with Crippen LogP contribution in [0.2, 0.25) is 0 Å². The van der Waals surface area contributed by atoms with E-state index < -0.39 is 76.3 Å². The summed E-state index contributed by atoms with van der Waals surface area (Å²) in [6, 6.07) is 32.1. The van der Waals surface area contributed by atoms with Crippen LogP contribution in [0.3, 0.4) is 0 Å². The Bertz CT molecular complexity index is 4580. The number of phenols is 2. The highest BCUT2D eigenvalue weighted by atomic mass is 16.5. The summed E-state index contributed by atoms with van der Waals surface area (Å²) in [5.41, 5.74) is 6.86. The van der Waals surface area contributed by atoms with E-state index in [1.165, 1.54) is 79.0 Å². The van der Waals surface area contributed by atoms with Gasteiger partial charge in [-0.1, -0.05) is 109 Å². The number of aromatic nitrogens is 2. The van der Waals surface area contributed by atoms with E-state index in [1.54, 1.807) is 30.3 Å². The molecule has 0 saturated heterocycles. The highest BCUT2D eigenvalue weighted by molar-refractivity contribution is 6.07. The largest absolute Gasteiger partial charge is 0.871 e. The molecule has 11 amide bonds. The van der Waals surface area contributed by atoms with E-state index in [2.05, 4.69) is 68.5 Å². The number of ether oxygens (including phenoxy) is 1. The number of fused-ring (bicyclic) bond motifs is 16. The maximum atomic E-state index is 14.7. The molecular formula is C84H102N18O16-2. The van der Waals surface area contributed by atoms with Crippen LogP contribution >= 0.6 is 0 Å². The summed E-state index contributed by atoms with van der Waals surface area (Å²) in [6.45, 7) is 2.26. The fraction of sp³-hybridized carbons (Fsp3) is 0.393. The summed E-state index contributed by atoms with van der Waals surface area (Å²) in [4.78, 5) is 167. The lowest BCUT2D eigenvalue weighted by Gasteiger charge is -2.31. The number of hydrogen-bond acceptors (Lipinski definition) is 23. The number of hydrogen-bond donors (Lipinski definition) is 14. The zero-order chi connectivity index (χ0) is 83.7. The number of carbonyl (C=O) groups excluding carboxylic acids is 11. The van der Waals surface area contributed by atoms with Crippen molar-refractivity contribution in [3.05, 3.63) is 200 Å². The second-order valence-electron chi connectivity index (χ2n) is 28.8. The number of nitrogens with one attached hydrogen (secondary N) is 11. The number of amides is 11. The van der Waals surface area contributed by atoms with E-state index in [9.17, 15) is 73.2 Å². The molecule has 4 aliphatic heterocycles. The van der Waals surface area contributed by atoms with Crippen molar-refractivity contribution in [2.45, 2.75) is 83.5 Å². The first-order valence-electron chi connectivity index (χ1n) is 39.8. The number of nitrogens with zero attached hydrogens (tertiary/aromatic N) is 6. The summed E-state index contributed by atoms with van der Waals surface area (Å²) in [7, 11) is 0. The number of anilines is 1. The summed E-state index contributed by atoms with van der Waals surface area (Å²) in [5.74, 6) is -8.85. The summed E-state index contributed by atoms with van der Waals surface area (Å²) < 4.78 is 5.60. The SMILES string of the molecule is Nc1ccnc(OCc2ccc(CNC(=O)c3ccc(CNC(=O)CCCCCCC(=O)NCCCCC4CN5CCNC(=O)c6cccc(c6[O-])C(=O)NCCN(CCNC(=O)c6cccc(c6O)C(=O)N4)CCN4CCNC(=O)c6cccc(c6[O-])C(=O)NCCN(CCNC(=O)c6cccc(c6O)C(=O)NCC4)CC5)cc3)cc2)n1. The predicted octanol–water partition coefficient (Wildman–Crippen LogP) is 1.63. The zero-order valence-electron chi connectivity index (χ0n) is 65.8. The Morgan fingerprint density at radius 2 is 0.788 bits per heavy atom. The van der Waals surface area contributed by atoms with Crippen molar-refractivity contribution in [2.75, 3.05) is 137 Å². The molecule has 34 heteroatoms. The van der Waals surface area contributed by atoms with Crippen LogP contribution in [0.25, 0.3) is 0 Å². The van der Waals surface area contributed by atoms with E-state index >= 15 is 0 Å². The van der Waals surface area contributed by atoms with Gasteiger partial charge in [-0.2, -0.15) is 4.98 Å². The second kappa shape index (κ2) is 44.9. The van der Waals surface area contributed by atoms with Crippen molar-refractivity contribution in [3.8, 4) is 29.0 Å². The molecule has 5 unspecified atom stereocenters. The number of para-hydroxylation sites is 4. The first-order valence-corrected chi connectivity index (χ1v) is 39.8. The van der Waals surface area contributed by atoms with Crippen LogP contribution in [-0.2, 0) is 29.3 Å². The number of nitrogen functional groups attached to an aromatic ring is 1. The van der Waals surface area contributed by atoms with Crippen LogP contribution in [0.15, 0.2) is 134 Å². The lowest BCUT2D eigenvalue weighted by molar-refractivity contribution is -0.269. The van der Waals surface area contributed by atoms with Gasteiger partial charge in [0.1, 0.15) is 23.9 Å². The van der Waals surface area contributed by atoms with Crippen molar-refractivity contribution in [2.24, 2.45) is 0 Å². The first kappa shape index (κ1) is 87.6. The molecule has 626 valence electrons. The summed E-state index contributed by atoms with van der Waals surface area (Å²) >= 11 is 0. The van der Waals surface area contributed by atoms with Gasteiger partial charge in [-0.05, 0) is 91.3 Å². The molecule has 5 atom stereocenters. The average molecular weight is 1620 g/mol. The van der Waals surface area contributed by atoms with Crippen LogP contribution in [0, 0.1) is 0 Å². The number of aromatic hydroxyl groups is 2. The third-order valence-electron chi connectivity index (χ3n) is 20.4. The van der Waals surface area contributed by atoms with E-state index in [0.29, 0.717) is 56.5 Å². The molecule has 7 aromatic rings. The molecule has 0 saturated carbocycles. The standard InChI is InChI=1S/C84H104N18O16/c85-68-30-32-94-84(98-68)118-54-57-24-22-55(23-25-57)52-96-75(109)58-28-26-56(27-29-58)51-95-70(104)21-4-2-1-3-20-69(103)86-31-6-5-11-59-53-102-46-39-93-81(115)65-17-9-16-64(73(65)107)78(112)89-35-42-100(43-36-92-82(116)66-18-10-19-67(74(66)108)83(117)97-59)48-47-99-40-33-87-76(110)60-12-7-14-62(71(60)105)79(113)90-37-44-101(49-50-102)45-38-91-80(114)63-15-8-13-61(72(63)106)77(111)88-34-41-99/h7-10,12-19,22-30,32,59,105-108H,1-6,11,20-21,31,33-54H2,(H,86,103)(H,87,110)(H,88,111)(H,89,112)(H,90,113)(H,91,114)(H,92,116)(H,93,115)(H,95,104)(H,96,109)(H,97,117)(H2,85,94,98)/p-2. The maximum Gasteiger partial charge on any atom is 0.318 e. The van der Waals surface area contributed by atoms with Gasteiger partial charge in [0.15, 0.2) is 0 Å². The molecule has 0 spiro atoms. The third kappa shape index (κ3) is 26.6. The lowest BCUT2D eigenvalue weighted by Crippen LogP contribution is -2.49. The van der Waals surface area contributed by atoms with E-state index in [0.717, 1.165) is 16.7 Å². The van der Waals surface area contributed by atoms with Gasteiger partial charge in [-0.25, -0.2) is 4.98 Å². The molecule has 12 bridgehead atoms. The van der Waals surface area contributed by atoms with Gasteiger partial charge in [0.25, 0.3) is 53.2 Å². The number of carbonyl (C=O) groups is 11. The molecule has 0 fully saturated rings. The molecule has 4 aliphatic rings. The molecule has 6 aromatic carbocycles. The minimum atomic E-state index is -0.816. The number of rotatable bonds is 20. The van der Waals surface area contributed by atoms with Crippen molar-refractivity contribution >= 4 is 70.8 Å². The van der Waals surface area contributed by atoms with Crippen LogP contribution in [0.1, 0.15) is 168 Å². The number of nitrogens with two attached hydrogens (primary N) is 1. The second-order valence-corrected chi connectivity index (χ2v) is 28.8. The Balaban J connectivity index is 0.800. The smallest absolute Gasteiger partial charge is 0.318 e. The van der Waals surface area contributed by atoms with Crippen molar-refractivity contribution in [3.63, 3.8) is 0 Å². The monoisotopic (exact) mass is 1620 g/mol. The minimum Gasteiger partial charge on any atom is -0.871 e. The topological polar surface area (TPSA) is 481 Å². The molecule has 0 aliphatic carbocycles. The number of unbranched alkanes of at least 4 members (excludes halogenated alkanes) is 4. The van der Waals surface area contributed by atoms with Crippen LogP contribution in [-0.4, -0.2) is 242 Å². The molecule has 0 radical (unpaired) electrons.